The van der Waals surface area contributed by atoms with Crippen molar-refractivity contribution in [1.82, 2.24) is 25.1 Å². The molecule has 0 atom stereocenters. The predicted octanol–water partition coefficient (Wildman–Crippen LogP) is 0.821. The van der Waals surface area contributed by atoms with E-state index in [0.717, 1.165) is 12.8 Å². The average Bonchev–Trinajstić information content (AvgIpc) is 3.16. The van der Waals surface area contributed by atoms with Gasteiger partial charge in [-0.2, -0.15) is 14.9 Å². The highest BCUT2D eigenvalue weighted by Gasteiger charge is 2.34. The minimum absolute atomic E-state index is 0.0478. The summed E-state index contributed by atoms with van der Waals surface area (Å²) in [6.07, 6.45) is 1.73. The number of fused-ring (bicyclic) bond motifs is 1. The first kappa shape index (κ1) is 18.7. The molecule has 4 N–H and O–H groups in total. The van der Waals surface area contributed by atoms with Crippen LogP contribution in [0.3, 0.4) is 0 Å². The van der Waals surface area contributed by atoms with Crippen LogP contribution >= 0.6 is 0 Å². The van der Waals surface area contributed by atoms with Gasteiger partial charge < -0.3 is 10.4 Å². The van der Waals surface area contributed by atoms with Gasteiger partial charge in [0.2, 0.25) is 5.56 Å². The zero-order chi connectivity index (χ0) is 20.9. The summed E-state index contributed by atoms with van der Waals surface area (Å²) in [5, 5.41) is 32.2. The number of H-pyrrole nitrogens is 2. The van der Waals surface area contributed by atoms with Crippen LogP contribution in [0.2, 0.25) is 0 Å². The van der Waals surface area contributed by atoms with E-state index < -0.39 is 11.5 Å². The zero-order valence-corrected chi connectivity index (χ0v) is 16.4. The monoisotopic (exact) mass is 396 g/mol. The normalized spacial score (nSPS) is 14.1. The standard InChI is InChI=1S/C19H21N7O3/c1-19(2,3)9-25-14-7-13(12-6-11(8-20)22-23-12)24-26(14)18(29)15(17(25)28)16(27)21-10-4-5-10/h6-7,10H,4-5,9H2,1-3H3,(H3,21,22,23,24,27,28,29)/p+1. The molecule has 29 heavy (non-hydrogen) atoms. The lowest BCUT2D eigenvalue weighted by Crippen LogP contribution is -2.47. The molecule has 0 spiro atoms. The van der Waals surface area contributed by atoms with Crippen molar-refractivity contribution >= 4 is 11.6 Å². The molecule has 0 aliphatic heterocycles. The van der Waals surface area contributed by atoms with E-state index in [1.165, 1.54) is 4.52 Å². The minimum Gasteiger partial charge on any atom is -0.477 e. The third-order valence-corrected chi connectivity index (χ3v) is 4.66. The molecule has 0 saturated heterocycles. The Kier molecular flexibility index (Phi) is 4.19. The van der Waals surface area contributed by atoms with Gasteiger partial charge in [-0.05, 0) is 18.3 Å². The fraction of sp³-hybridized carbons (Fsp3) is 0.421. The third-order valence-electron chi connectivity index (χ3n) is 4.66. The molecule has 3 aromatic heterocycles. The molecule has 10 heteroatoms. The molecule has 4 rings (SSSR count). The summed E-state index contributed by atoms with van der Waals surface area (Å²) in [4.78, 5) is 25.7. The number of nitrogens with zero attached hydrogens (tertiary/aromatic N) is 4. The number of rotatable bonds is 4. The second kappa shape index (κ2) is 6.48. The molecule has 0 radical (unpaired) electrons. The maximum absolute atomic E-state index is 13.0. The van der Waals surface area contributed by atoms with Crippen molar-refractivity contribution in [2.45, 2.75) is 46.2 Å². The molecule has 3 aromatic rings. The molecule has 0 bridgehead atoms. The number of nitriles is 1. The molecule has 1 aliphatic rings. The second-order valence-corrected chi connectivity index (χ2v) is 8.54. The molecular weight excluding hydrogens is 374 g/mol. The smallest absolute Gasteiger partial charge is 0.378 e. The summed E-state index contributed by atoms with van der Waals surface area (Å²) < 4.78 is 2.78. The molecule has 3 heterocycles. The van der Waals surface area contributed by atoms with Crippen molar-refractivity contribution < 1.29 is 14.5 Å². The molecule has 0 unspecified atom stereocenters. The lowest BCUT2D eigenvalue weighted by molar-refractivity contribution is -0.692. The van der Waals surface area contributed by atoms with Crippen LogP contribution in [0.25, 0.3) is 17.0 Å². The summed E-state index contributed by atoms with van der Waals surface area (Å²) in [6.45, 7) is 6.35. The Bertz CT molecular complexity index is 1220. The topological polar surface area (TPSA) is 143 Å². The van der Waals surface area contributed by atoms with E-state index in [-0.39, 0.29) is 28.6 Å². The summed E-state index contributed by atoms with van der Waals surface area (Å²) in [5.74, 6) is -0.951. The molecule has 1 fully saturated rings. The third kappa shape index (κ3) is 3.47. The molecule has 150 valence electrons. The molecule has 1 amide bonds. The molecule has 1 saturated carbocycles. The largest absolute Gasteiger partial charge is 0.477 e. The van der Waals surface area contributed by atoms with E-state index in [1.54, 1.807) is 16.7 Å². The van der Waals surface area contributed by atoms with Crippen molar-refractivity contribution in [2.75, 3.05) is 0 Å². The Labute approximate surface area is 165 Å². The summed E-state index contributed by atoms with van der Waals surface area (Å²) >= 11 is 0. The first-order valence-corrected chi connectivity index (χ1v) is 9.35. The Morgan fingerprint density at radius 3 is 2.72 bits per heavy atom. The van der Waals surface area contributed by atoms with Crippen molar-refractivity contribution in [3.05, 3.63) is 33.7 Å². The SMILES string of the molecule is CC(C)(C)C[n+]1c(O)c(C(=O)NC2CC2)c(=O)n2[nH]c(-c3cc(C#N)n[nH]3)cc21. The van der Waals surface area contributed by atoms with Gasteiger partial charge in [0, 0.05) is 12.1 Å². The van der Waals surface area contributed by atoms with Crippen molar-refractivity contribution in [1.29, 1.82) is 5.26 Å². The van der Waals surface area contributed by atoms with Crippen LogP contribution in [-0.2, 0) is 6.54 Å². The van der Waals surface area contributed by atoms with Gasteiger partial charge in [0.1, 0.15) is 11.8 Å². The Hall–Kier alpha value is -3.61. The van der Waals surface area contributed by atoms with E-state index in [0.29, 0.717) is 23.6 Å². The fourth-order valence-corrected chi connectivity index (χ4v) is 3.18. The molecule has 1 aliphatic carbocycles. The summed E-state index contributed by atoms with van der Waals surface area (Å²) in [6, 6.07) is 5.20. The number of hydrogen-bond acceptors (Lipinski definition) is 5. The van der Waals surface area contributed by atoms with Gasteiger partial charge in [0.05, 0.1) is 18.3 Å². The number of carbonyl (C=O) groups excluding carboxylic acids is 1. The lowest BCUT2D eigenvalue weighted by atomic mass is 9.96. The van der Waals surface area contributed by atoms with E-state index in [4.69, 9.17) is 5.26 Å². The van der Waals surface area contributed by atoms with Crippen LogP contribution in [0.15, 0.2) is 16.9 Å². The van der Waals surface area contributed by atoms with E-state index in [9.17, 15) is 14.7 Å². The second-order valence-electron chi connectivity index (χ2n) is 8.54. The van der Waals surface area contributed by atoms with Crippen LogP contribution in [0.4, 0.5) is 0 Å². The number of carbonyl (C=O) groups is 1. The lowest BCUT2D eigenvalue weighted by Gasteiger charge is -2.17. The van der Waals surface area contributed by atoms with Gasteiger partial charge in [-0.3, -0.25) is 9.89 Å². The highest BCUT2D eigenvalue weighted by atomic mass is 16.3. The van der Waals surface area contributed by atoms with E-state index in [1.807, 2.05) is 26.8 Å². The molecule has 0 aromatic carbocycles. The highest BCUT2D eigenvalue weighted by molar-refractivity contribution is 5.96. The summed E-state index contributed by atoms with van der Waals surface area (Å²) in [5.41, 5.74) is 0.438. The first-order valence-electron chi connectivity index (χ1n) is 9.35. The van der Waals surface area contributed by atoms with Gasteiger partial charge in [-0.1, -0.05) is 25.3 Å². The Balaban J connectivity index is 1.93. The minimum atomic E-state index is -0.646. The fourth-order valence-electron chi connectivity index (χ4n) is 3.18. The van der Waals surface area contributed by atoms with Gasteiger partial charge in [0.25, 0.3) is 5.91 Å². The maximum atomic E-state index is 13.0. The average molecular weight is 396 g/mol. The number of nitrogens with one attached hydrogen (secondary N) is 3. The van der Waals surface area contributed by atoms with Crippen molar-refractivity contribution in [3.63, 3.8) is 0 Å². The first-order chi connectivity index (χ1) is 13.7. The van der Waals surface area contributed by atoms with Crippen molar-refractivity contribution in [2.24, 2.45) is 5.41 Å². The highest BCUT2D eigenvalue weighted by Crippen LogP contribution is 2.23. The molecular formula is C19H22N7O3+. The van der Waals surface area contributed by atoms with Crippen LogP contribution < -0.4 is 15.4 Å². The van der Waals surface area contributed by atoms with Crippen LogP contribution in [0, 0.1) is 16.7 Å². The van der Waals surface area contributed by atoms with Crippen LogP contribution in [-0.4, -0.2) is 36.9 Å². The van der Waals surface area contributed by atoms with E-state index >= 15 is 0 Å². The maximum Gasteiger partial charge on any atom is 0.378 e. The van der Waals surface area contributed by atoms with Gasteiger partial charge in [-0.25, -0.2) is 9.89 Å². The van der Waals surface area contributed by atoms with Crippen LogP contribution in [0.5, 0.6) is 5.88 Å². The quantitative estimate of drug-likeness (QED) is 0.483. The van der Waals surface area contributed by atoms with Gasteiger partial charge in [-0.15, -0.1) is 0 Å². The number of aromatic hydroxyl groups is 1. The number of hydrogen-bond donors (Lipinski definition) is 4. The molecule has 10 nitrogen and oxygen atoms in total. The number of aromatic nitrogens is 5. The number of amides is 1. The van der Waals surface area contributed by atoms with Gasteiger partial charge >= 0.3 is 17.1 Å². The van der Waals surface area contributed by atoms with Gasteiger partial charge in [0.15, 0.2) is 5.69 Å². The number of aromatic amines is 2. The summed E-state index contributed by atoms with van der Waals surface area (Å²) in [7, 11) is 0. The predicted molar refractivity (Wildman–Crippen MR) is 102 cm³/mol. The Morgan fingerprint density at radius 2 is 2.14 bits per heavy atom. The van der Waals surface area contributed by atoms with Crippen LogP contribution in [0.1, 0.15) is 49.7 Å². The van der Waals surface area contributed by atoms with Crippen molar-refractivity contribution in [3.8, 4) is 23.3 Å². The Morgan fingerprint density at radius 1 is 1.41 bits per heavy atom. The zero-order valence-electron chi connectivity index (χ0n) is 16.4. The van der Waals surface area contributed by atoms with E-state index in [2.05, 4.69) is 20.6 Å².